The number of esters is 1. The molecule has 2 N–H and O–H groups in total. The van der Waals surface area contributed by atoms with Crippen LogP contribution in [0, 0.1) is 0 Å². The maximum absolute atomic E-state index is 12.1. The van der Waals surface area contributed by atoms with E-state index < -0.39 is 0 Å². The van der Waals surface area contributed by atoms with Gasteiger partial charge in [-0.25, -0.2) is 0 Å². The van der Waals surface area contributed by atoms with Gasteiger partial charge in [-0.15, -0.1) is 0 Å². The molecule has 6 nitrogen and oxygen atoms in total. The van der Waals surface area contributed by atoms with Gasteiger partial charge in [0, 0.05) is 30.6 Å². The van der Waals surface area contributed by atoms with E-state index in [-0.39, 0.29) is 30.6 Å². The van der Waals surface area contributed by atoms with E-state index >= 15 is 0 Å². The molecule has 0 spiro atoms. The van der Waals surface area contributed by atoms with Crippen LogP contribution in [0.3, 0.4) is 0 Å². The maximum Gasteiger partial charge on any atom is 0.305 e. The van der Waals surface area contributed by atoms with E-state index in [0.717, 1.165) is 5.56 Å². The third-order valence-electron chi connectivity index (χ3n) is 3.74. The molecule has 0 unspecified atom stereocenters. The summed E-state index contributed by atoms with van der Waals surface area (Å²) < 4.78 is 4.53. The number of methoxy groups -OCH3 is 1. The summed E-state index contributed by atoms with van der Waals surface area (Å²) in [5, 5.41) is 5.58. The number of hydrogen-bond acceptors (Lipinski definition) is 4. The Morgan fingerprint density at radius 3 is 2.27 bits per heavy atom. The first-order valence-electron chi connectivity index (χ1n) is 8.37. The average molecular weight is 354 g/mol. The standard InChI is InChI=1S/C20H22N2O4/c1-26-19(24)9-5-8-18(23)22-17-12-10-16(11-13-17)20(25)21-14-15-6-3-2-4-7-15/h2-4,6-7,10-13H,5,8-9,14H2,1H3,(H,21,25)(H,22,23). The molecule has 0 saturated carbocycles. The summed E-state index contributed by atoms with van der Waals surface area (Å²) in [6.45, 7) is 0.457. The third-order valence-corrected chi connectivity index (χ3v) is 3.74. The van der Waals surface area contributed by atoms with Crippen LogP contribution in [-0.4, -0.2) is 24.9 Å². The Kier molecular flexibility index (Phi) is 7.36. The number of amides is 2. The van der Waals surface area contributed by atoms with E-state index in [0.29, 0.717) is 24.2 Å². The fourth-order valence-corrected chi connectivity index (χ4v) is 2.30. The molecule has 0 aliphatic rings. The van der Waals surface area contributed by atoms with Crippen LogP contribution in [0.5, 0.6) is 0 Å². The number of rotatable bonds is 8. The van der Waals surface area contributed by atoms with Gasteiger partial charge in [0.1, 0.15) is 0 Å². The SMILES string of the molecule is COC(=O)CCCC(=O)Nc1ccc(C(=O)NCc2ccccc2)cc1. The molecule has 2 amide bonds. The first kappa shape index (κ1) is 19.2. The summed E-state index contributed by atoms with van der Waals surface area (Å²) in [4.78, 5) is 35.0. The second-order valence-corrected chi connectivity index (χ2v) is 5.72. The number of carbonyl (C=O) groups is 3. The molecule has 136 valence electrons. The molecule has 26 heavy (non-hydrogen) atoms. The van der Waals surface area contributed by atoms with E-state index in [1.807, 2.05) is 30.3 Å². The summed E-state index contributed by atoms with van der Waals surface area (Å²) in [6.07, 6.45) is 0.872. The average Bonchev–Trinajstić information content (AvgIpc) is 2.67. The van der Waals surface area contributed by atoms with Gasteiger partial charge < -0.3 is 15.4 Å². The second kappa shape index (κ2) is 9.98. The monoisotopic (exact) mass is 354 g/mol. The van der Waals surface area contributed by atoms with E-state index in [4.69, 9.17) is 0 Å². The molecule has 0 atom stereocenters. The minimum absolute atomic E-state index is 0.176. The van der Waals surface area contributed by atoms with Crippen molar-refractivity contribution < 1.29 is 19.1 Å². The van der Waals surface area contributed by atoms with Crippen molar-refractivity contribution >= 4 is 23.5 Å². The highest BCUT2D eigenvalue weighted by Gasteiger charge is 2.08. The van der Waals surface area contributed by atoms with Crippen LogP contribution < -0.4 is 10.6 Å². The van der Waals surface area contributed by atoms with E-state index in [9.17, 15) is 14.4 Å². The number of benzene rings is 2. The lowest BCUT2D eigenvalue weighted by molar-refractivity contribution is -0.140. The Balaban J connectivity index is 1.78. The molecule has 0 aromatic heterocycles. The molecule has 0 aliphatic heterocycles. The van der Waals surface area contributed by atoms with E-state index in [1.165, 1.54) is 7.11 Å². The van der Waals surface area contributed by atoms with Gasteiger partial charge in [0.2, 0.25) is 5.91 Å². The van der Waals surface area contributed by atoms with E-state index in [2.05, 4.69) is 15.4 Å². The topological polar surface area (TPSA) is 84.5 Å². The molecule has 0 radical (unpaired) electrons. The van der Waals surface area contributed by atoms with Gasteiger partial charge in [-0.2, -0.15) is 0 Å². The lowest BCUT2D eigenvalue weighted by Gasteiger charge is -2.08. The van der Waals surface area contributed by atoms with Crippen LogP contribution >= 0.6 is 0 Å². The minimum Gasteiger partial charge on any atom is -0.469 e. The molecule has 0 heterocycles. The van der Waals surface area contributed by atoms with Crippen LogP contribution in [0.25, 0.3) is 0 Å². The van der Waals surface area contributed by atoms with Crippen molar-refractivity contribution in [3.05, 3.63) is 65.7 Å². The lowest BCUT2D eigenvalue weighted by atomic mass is 10.1. The van der Waals surface area contributed by atoms with Crippen molar-refractivity contribution in [3.63, 3.8) is 0 Å². The van der Waals surface area contributed by atoms with Gasteiger partial charge in [0.25, 0.3) is 5.91 Å². The summed E-state index contributed by atoms with van der Waals surface area (Å²) in [7, 11) is 1.32. The molecular weight excluding hydrogens is 332 g/mol. The van der Waals surface area contributed by atoms with Crippen LogP contribution in [0.2, 0.25) is 0 Å². The predicted molar refractivity (Wildman–Crippen MR) is 98.6 cm³/mol. The fourth-order valence-electron chi connectivity index (χ4n) is 2.30. The van der Waals surface area contributed by atoms with Crippen LogP contribution in [0.1, 0.15) is 35.2 Å². The molecular formula is C20H22N2O4. The zero-order valence-electron chi connectivity index (χ0n) is 14.7. The molecule has 2 aromatic rings. The molecule has 0 saturated heterocycles. The van der Waals surface area contributed by atoms with Gasteiger partial charge >= 0.3 is 5.97 Å². The number of hydrogen-bond donors (Lipinski definition) is 2. The molecule has 2 rings (SSSR count). The van der Waals surface area contributed by atoms with Gasteiger partial charge in [0.05, 0.1) is 7.11 Å². The Labute approximate surface area is 152 Å². The Hall–Kier alpha value is -3.15. The number of nitrogens with one attached hydrogen (secondary N) is 2. The Bertz CT molecular complexity index is 742. The van der Waals surface area contributed by atoms with Gasteiger partial charge in [-0.1, -0.05) is 30.3 Å². The Morgan fingerprint density at radius 1 is 0.923 bits per heavy atom. The highest BCUT2D eigenvalue weighted by atomic mass is 16.5. The van der Waals surface area contributed by atoms with Gasteiger partial charge in [-0.3, -0.25) is 14.4 Å². The smallest absolute Gasteiger partial charge is 0.305 e. The van der Waals surface area contributed by atoms with Crippen LogP contribution in [0.4, 0.5) is 5.69 Å². The summed E-state index contributed by atoms with van der Waals surface area (Å²) in [6, 6.07) is 16.3. The fraction of sp³-hybridized carbons (Fsp3) is 0.250. The summed E-state index contributed by atoms with van der Waals surface area (Å²) >= 11 is 0. The number of ether oxygens (including phenoxy) is 1. The number of carbonyl (C=O) groups excluding carboxylic acids is 3. The van der Waals surface area contributed by atoms with Gasteiger partial charge in [0.15, 0.2) is 0 Å². The lowest BCUT2D eigenvalue weighted by Crippen LogP contribution is -2.22. The molecule has 6 heteroatoms. The van der Waals surface area contributed by atoms with Crippen LogP contribution in [0.15, 0.2) is 54.6 Å². The minimum atomic E-state index is -0.330. The second-order valence-electron chi connectivity index (χ2n) is 5.72. The predicted octanol–water partition coefficient (Wildman–Crippen LogP) is 2.90. The maximum atomic E-state index is 12.1. The van der Waals surface area contributed by atoms with Crippen molar-refractivity contribution in [1.82, 2.24) is 5.32 Å². The third kappa shape index (κ3) is 6.39. The normalized spacial score (nSPS) is 10.0. The zero-order valence-corrected chi connectivity index (χ0v) is 14.7. The van der Waals surface area contributed by atoms with Crippen LogP contribution in [-0.2, 0) is 20.9 Å². The first-order chi connectivity index (χ1) is 12.6. The first-order valence-corrected chi connectivity index (χ1v) is 8.37. The summed E-state index contributed by atoms with van der Waals surface area (Å²) in [5.74, 6) is -0.691. The highest BCUT2D eigenvalue weighted by molar-refractivity contribution is 5.95. The number of anilines is 1. The summed E-state index contributed by atoms with van der Waals surface area (Å²) in [5.41, 5.74) is 2.15. The zero-order chi connectivity index (χ0) is 18.8. The molecule has 0 fully saturated rings. The molecule has 0 aliphatic carbocycles. The van der Waals surface area contributed by atoms with Gasteiger partial charge in [-0.05, 0) is 36.2 Å². The molecule has 0 bridgehead atoms. The van der Waals surface area contributed by atoms with E-state index in [1.54, 1.807) is 24.3 Å². The Morgan fingerprint density at radius 2 is 1.62 bits per heavy atom. The van der Waals surface area contributed by atoms with Crippen molar-refractivity contribution in [2.45, 2.75) is 25.8 Å². The largest absolute Gasteiger partial charge is 0.469 e. The van der Waals surface area contributed by atoms with Crippen molar-refractivity contribution in [3.8, 4) is 0 Å². The molecule has 2 aromatic carbocycles. The van der Waals surface area contributed by atoms with Crippen molar-refractivity contribution in [1.29, 1.82) is 0 Å². The highest BCUT2D eigenvalue weighted by Crippen LogP contribution is 2.11. The van der Waals surface area contributed by atoms with Crippen molar-refractivity contribution in [2.75, 3.05) is 12.4 Å². The van der Waals surface area contributed by atoms with Crippen molar-refractivity contribution in [2.24, 2.45) is 0 Å². The quantitative estimate of drug-likeness (QED) is 0.714.